The largest absolute Gasteiger partial charge is 0.504 e. The molecule has 0 amide bonds. The molecule has 0 fully saturated rings. The molecule has 4 nitrogen and oxygen atoms in total. The molecule has 3 N–H and O–H groups in total. The monoisotopic (exact) mass is 238 g/mol. The standard InChI is InChI=1S/C13H22N2O2/c1-10(2)15(3)7-6-14-9-11-4-5-12(16)13(17)8-11/h4-5,8,10,14,16-17H,6-7,9H2,1-3H3. The summed E-state index contributed by atoms with van der Waals surface area (Å²) >= 11 is 0. The molecule has 0 aliphatic carbocycles. The van der Waals surface area contributed by atoms with Crippen molar-refractivity contribution in [2.45, 2.75) is 26.4 Å². The molecule has 0 atom stereocenters. The Balaban J connectivity index is 2.29. The molecular weight excluding hydrogens is 216 g/mol. The Morgan fingerprint density at radius 2 is 1.94 bits per heavy atom. The van der Waals surface area contributed by atoms with Crippen molar-refractivity contribution in [1.82, 2.24) is 10.2 Å². The summed E-state index contributed by atoms with van der Waals surface area (Å²) in [7, 11) is 2.10. The van der Waals surface area contributed by atoms with Crippen molar-refractivity contribution in [3.05, 3.63) is 23.8 Å². The maximum absolute atomic E-state index is 9.33. The second-order valence-electron chi connectivity index (χ2n) is 4.57. The molecular formula is C13H22N2O2. The number of hydrogen-bond donors (Lipinski definition) is 3. The van der Waals surface area contributed by atoms with Gasteiger partial charge in [0.2, 0.25) is 0 Å². The highest BCUT2D eigenvalue weighted by atomic mass is 16.3. The third-order valence-corrected chi connectivity index (χ3v) is 2.89. The van der Waals surface area contributed by atoms with Crippen LogP contribution in [-0.4, -0.2) is 41.3 Å². The van der Waals surface area contributed by atoms with Gasteiger partial charge in [0.15, 0.2) is 11.5 Å². The lowest BCUT2D eigenvalue weighted by Crippen LogP contribution is -2.33. The summed E-state index contributed by atoms with van der Waals surface area (Å²) in [6.45, 7) is 6.91. The number of likely N-dealkylation sites (N-methyl/N-ethyl adjacent to an activating group) is 1. The number of rotatable bonds is 6. The van der Waals surface area contributed by atoms with Crippen molar-refractivity contribution < 1.29 is 10.2 Å². The van der Waals surface area contributed by atoms with Gasteiger partial charge in [0.05, 0.1) is 0 Å². The van der Waals surface area contributed by atoms with E-state index in [-0.39, 0.29) is 11.5 Å². The van der Waals surface area contributed by atoms with Gasteiger partial charge in [-0.15, -0.1) is 0 Å². The van der Waals surface area contributed by atoms with Gasteiger partial charge in [-0.05, 0) is 38.6 Å². The quantitative estimate of drug-likeness (QED) is 0.519. The molecule has 0 saturated carbocycles. The Bertz CT molecular complexity index is 353. The Hall–Kier alpha value is -1.26. The highest BCUT2D eigenvalue weighted by molar-refractivity contribution is 5.40. The number of phenols is 2. The first kappa shape index (κ1) is 13.8. The molecule has 0 bridgehead atoms. The SMILES string of the molecule is CC(C)N(C)CCNCc1ccc(O)c(O)c1. The van der Waals surface area contributed by atoms with Gasteiger partial charge in [-0.3, -0.25) is 0 Å². The second-order valence-corrected chi connectivity index (χ2v) is 4.57. The molecule has 0 unspecified atom stereocenters. The minimum atomic E-state index is -0.0757. The van der Waals surface area contributed by atoms with Gasteiger partial charge in [-0.1, -0.05) is 6.07 Å². The van der Waals surface area contributed by atoms with Crippen LogP contribution in [0.1, 0.15) is 19.4 Å². The van der Waals surface area contributed by atoms with E-state index >= 15 is 0 Å². The van der Waals surface area contributed by atoms with Crippen molar-refractivity contribution in [3.63, 3.8) is 0 Å². The fraction of sp³-hybridized carbons (Fsp3) is 0.538. The average molecular weight is 238 g/mol. The van der Waals surface area contributed by atoms with Gasteiger partial charge in [0.25, 0.3) is 0 Å². The van der Waals surface area contributed by atoms with Gasteiger partial charge in [0.1, 0.15) is 0 Å². The Kier molecular flexibility index (Phi) is 5.25. The lowest BCUT2D eigenvalue weighted by molar-refractivity contribution is 0.273. The van der Waals surface area contributed by atoms with E-state index in [2.05, 4.69) is 31.1 Å². The first-order valence-electron chi connectivity index (χ1n) is 5.92. The Morgan fingerprint density at radius 3 is 2.53 bits per heavy atom. The normalized spacial score (nSPS) is 11.4. The van der Waals surface area contributed by atoms with Crippen LogP contribution in [-0.2, 0) is 6.54 Å². The van der Waals surface area contributed by atoms with Crippen LogP contribution in [0, 0.1) is 0 Å². The molecule has 1 aromatic rings. The fourth-order valence-corrected chi connectivity index (χ4v) is 1.43. The van der Waals surface area contributed by atoms with E-state index in [1.165, 1.54) is 6.07 Å². The van der Waals surface area contributed by atoms with Crippen LogP contribution in [0.15, 0.2) is 18.2 Å². The number of phenolic OH excluding ortho intramolecular Hbond substituents is 2. The summed E-state index contributed by atoms with van der Waals surface area (Å²) in [5.41, 5.74) is 0.965. The number of nitrogens with zero attached hydrogens (tertiary/aromatic N) is 1. The van der Waals surface area contributed by atoms with Gasteiger partial charge in [0, 0.05) is 25.7 Å². The van der Waals surface area contributed by atoms with Crippen LogP contribution in [0.4, 0.5) is 0 Å². The minimum Gasteiger partial charge on any atom is -0.504 e. The molecule has 0 aromatic heterocycles. The van der Waals surface area contributed by atoms with Crippen molar-refractivity contribution in [1.29, 1.82) is 0 Å². The molecule has 17 heavy (non-hydrogen) atoms. The predicted octanol–water partition coefficient (Wildman–Crippen LogP) is 1.53. The molecule has 0 radical (unpaired) electrons. The van der Waals surface area contributed by atoms with E-state index in [1.54, 1.807) is 12.1 Å². The van der Waals surface area contributed by atoms with Crippen molar-refractivity contribution in [2.24, 2.45) is 0 Å². The van der Waals surface area contributed by atoms with E-state index < -0.39 is 0 Å². The van der Waals surface area contributed by atoms with Crippen molar-refractivity contribution in [3.8, 4) is 11.5 Å². The highest BCUT2D eigenvalue weighted by Gasteiger charge is 2.03. The molecule has 1 rings (SSSR count). The first-order chi connectivity index (χ1) is 8.00. The lowest BCUT2D eigenvalue weighted by atomic mass is 10.2. The van der Waals surface area contributed by atoms with Crippen molar-refractivity contribution >= 4 is 0 Å². The maximum Gasteiger partial charge on any atom is 0.157 e. The fourth-order valence-electron chi connectivity index (χ4n) is 1.43. The number of benzene rings is 1. The number of aromatic hydroxyl groups is 2. The zero-order chi connectivity index (χ0) is 12.8. The third-order valence-electron chi connectivity index (χ3n) is 2.89. The predicted molar refractivity (Wildman–Crippen MR) is 69.2 cm³/mol. The summed E-state index contributed by atoms with van der Waals surface area (Å²) in [5.74, 6) is -0.142. The number of hydrogen-bond acceptors (Lipinski definition) is 4. The molecule has 0 spiro atoms. The van der Waals surface area contributed by atoms with Crippen LogP contribution in [0.2, 0.25) is 0 Å². The lowest BCUT2D eigenvalue weighted by Gasteiger charge is -2.20. The van der Waals surface area contributed by atoms with Crippen LogP contribution in [0.5, 0.6) is 11.5 Å². The molecule has 1 aromatic carbocycles. The van der Waals surface area contributed by atoms with E-state index in [9.17, 15) is 10.2 Å². The topological polar surface area (TPSA) is 55.7 Å². The molecule has 0 saturated heterocycles. The third kappa shape index (κ3) is 4.63. The summed E-state index contributed by atoms with van der Waals surface area (Å²) < 4.78 is 0. The summed E-state index contributed by atoms with van der Waals surface area (Å²) in [5, 5.41) is 21.8. The van der Waals surface area contributed by atoms with Gasteiger partial charge >= 0.3 is 0 Å². The minimum absolute atomic E-state index is 0.0661. The van der Waals surface area contributed by atoms with Crippen molar-refractivity contribution in [2.75, 3.05) is 20.1 Å². The summed E-state index contributed by atoms with van der Waals surface area (Å²) in [4.78, 5) is 2.27. The highest BCUT2D eigenvalue weighted by Crippen LogP contribution is 2.24. The molecule has 4 heteroatoms. The van der Waals surface area contributed by atoms with Crippen LogP contribution < -0.4 is 5.32 Å². The average Bonchev–Trinajstić information content (AvgIpc) is 2.28. The molecule has 0 aliphatic heterocycles. The van der Waals surface area contributed by atoms with Crippen LogP contribution >= 0.6 is 0 Å². The zero-order valence-electron chi connectivity index (χ0n) is 10.8. The summed E-state index contributed by atoms with van der Waals surface area (Å²) in [6, 6.07) is 5.43. The molecule has 96 valence electrons. The van der Waals surface area contributed by atoms with E-state index in [0.717, 1.165) is 18.7 Å². The smallest absolute Gasteiger partial charge is 0.157 e. The first-order valence-corrected chi connectivity index (χ1v) is 5.92. The Morgan fingerprint density at radius 1 is 1.24 bits per heavy atom. The van der Waals surface area contributed by atoms with Crippen LogP contribution in [0.3, 0.4) is 0 Å². The van der Waals surface area contributed by atoms with Gasteiger partial charge < -0.3 is 20.4 Å². The van der Waals surface area contributed by atoms with E-state index in [0.29, 0.717) is 12.6 Å². The zero-order valence-corrected chi connectivity index (χ0v) is 10.8. The number of nitrogens with one attached hydrogen (secondary N) is 1. The maximum atomic E-state index is 9.33. The Labute approximate surface area is 103 Å². The van der Waals surface area contributed by atoms with E-state index in [4.69, 9.17) is 0 Å². The van der Waals surface area contributed by atoms with Gasteiger partial charge in [-0.25, -0.2) is 0 Å². The van der Waals surface area contributed by atoms with Crippen LogP contribution in [0.25, 0.3) is 0 Å². The molecule has 0 heterocycles. The second kappa shape index (κ2) is 6.47. The summed E-state index contributed by atoms with van der Waals surface area (Å²) in [6.07, 6.45) is 0. The van der Waals surface area contributed by atoms with E-state index in [1.807, 2.05) is 0 Å². The molecule has 0 aliphatic rings. The van der Waals surface area contributed by atoms with Gasteiger partial charge in [-0.2, -0.15) is 0 Å².